The Labute approximate surface area is 89.9 Å². The van der Waals surface area contributed by atoms with E-state index < -0.39 is 5.97 Å². The van der Waals surface area contributed by atoms with Gasteiger partial charge in [0.15, 0.2) is 0 Å². The largest absolute Gasteiger partial charge is 0.478 e. The number of halogens is 1. The lowest BCUT2D eigenvalue weighted by Gasteiger charge is -2.06. The molecule has 0 aliphatic heterocycles. The Morgan fingerprint density at radius 1 is 1.47 bits per heavy atom. The van der Waals surface area contributed by atoms with Crippen molar-refractivity contribution in [1.82, 2.24) is 15.0 Å². The normalized spacial score (nSPS) is 10.2. The summed E-state index contributed by atoms with van der Waals surface area (Å²) in [5, 5.41) is 16.6. The van der Waals surface area contributed by atoms with Crippen LogP contribution in [0.4, 0.5) is 0 Å². The molecule has 2 rings (SSSR count). The average Bonchev–Trinajstić information content (AvgIpc) is 2.70. The lowest BCUT2D eigenvalue weighted by Crippen LogP contribution is -2.06. The molecule has 0 unspecified atom stereocenters. The third-order valence-electron chi connectivity index (χ3n) is 1.87. The van der Waals surface area contributed by atoms with Crippen LogP contribution in [0, 0.1) is 0 Å². The monoisotopic (exact) mass is 223 g/mol. The van der Waals surface area contributed by atoms with E-state index >= 15 is 0 Å². The van der Waals surface area contributed by atoms with Gasteiger partial charge in [0.2, 0.25) is 0 Å². The van der Waals surface area contributed by atoms with Gasteiger partial charge >= 0.3 is 5.97 Å². The Balaban J connectivity index is 2.68. The van der Waals surface area contributed by atoms with Gasteiger partial charge < -0.3 is 5.11 Å². The van der Waals surface area contributed by atoms with Gasteiger partial charge in [-0.05, 0) is 12.1 Å². The van der Waals surface area contributed by atoms with Gasteiger partial charge in [0.1, 0.15) is 0 Å². The fourth-order valence-corrected chi connectivity index (χ4v) is 1.51. The fraction of sp³-hybridized carbons (Fsp3) is 0. The van der Waals surface area contributed by atoms with Crippen molar-refractivity contribution >= 4 is 17.6 Å². The van der Waals surface area contributed by atoms with Gasteiger partial charge in [-0.3, -0.25) is 0 Å². The highest BCUT2D eigenvalue weighted by Gasteiger charge is 2.14. The first-order chi connectivity index (χ1) is 7.20. The Kier molecular flexibility index (Phi) is 2.39. The van der Waals surface area contributed by atoms with Crippen molar-refractivity contribution in [3.8, 4) is 5.69 Å². The maximum Gasteiger partial charge on any atom is 0.337 e. The smallest absolute Gasteiger partial charge is 0.337 e. The van der Waals surface area contributed by atoms with Crippen LogP contribution >= 0.6 is 11.6 Å². The molecule has 5 nitrogen and oxygen atoms in total. The SMILES string of the molecule is O=C(O)c1cccc(Cl)c1-n1ccnn1. The summed E-state index contributed by atoms with van der Waals surface area (Å²) in [6, 6.07) is 4.64. The molecule has 0 radical (unpaired) electrons. The van der Waals surface area contributed by atoms with Crippen LogP contribution in [0.15, 0.2) is 30.6 Å². The van der Waals surface area contributed by atoms with Crippen molar-refractivity contribution in [1.29, 1.82) is 0 Å². The summed E-state index contributed by atoms with van der Waals surface area (Å²) in [5.74, 6) is -1.05. The molecule has 15 heavy (non-hydrogen) atoms. The number of carbonyl (C=O) groups is 1. The summed E-state index contributed by atoms with van der Waals surface area (Å²) in [7, 11) is 0. The van der Waals surface area contributed by atoms with E-state index in [2.05, 4.69) is 10.3 Å². The van der Waals surface area contributed by atoms with Crippen molar-refractivity contribution in [2.75, 3.05) is 0 Å². The number of aromatic nitrogens is 3. The zero-order valence-corrected chi connectivity index (χ0v) is 8.22. The maximum atomic E-state index is 10.9. The minimum Gasteiger partial charge on any atom is -0.478 e. The summed E-state index contributed by atoms with van der Waals surface area (Å²) >= 11 is 5.91. The van der Waals surface area contributed by atoms with Gasteiger partial charge in [-0.1, -0.05) is 22.9 Å². The third kappa shape index (κ3) is 1.69. The highest BCUT2D eigenvalue weighted by atomic mass is 35.5. The molecule has 1 aromatic heterocycles. The number of rotatable bonds is 2. The molecule has 0 amide bonds. The molecular formula is C9H6ClN3O2. The molecule has 0 atom stereocenters. The van der Waals surface area contributed by atoms with E-state index in [0.29, 0.717) is 10.7 Å². The highest BCUT2D eigenvalue weighted by molar-refractivity contribution is 6.33. The molecule has 0 aliphatic carbocycles. The number of carboxylic acid groups (broad SMARTS) is 1. The van der Waals surface area contributed by atoms with E-state index in [0.717, 1.165) is 0 Å². The quantitative estimate of drug-likeness (QED) is 0.840. The van der Waals surface area contributed by atoms with Crippen molar-refractivity contribution in [3.63, 3.8) is 0 Å². The van der Waals surface area contributed by atoms with Crippen molar-refractivity contribution < 1.29 is 9.90 Å². The molecule has 0 saturated carbocycles. The zero-order chi connectivity index (χ0) is 10.8. The van der Waals surface area contributed by atoms with Crippen molar-refractivity contribution in [2.24, 2.45) is 0 Å². The first-order valence-corrected chi connectivity index (χ1v) is 4.46. The van der Waals surface area contributed by atoms with E-state index in [-0.39, 0.29) is 5.56 Å². The first kappa shape index (κ1) is 9.67. The maximum absolute atomic E-state index is 10.9. The van der Waals surface area contributed by atoms with Crippen LogP contribution in [0.5, 0.6) is 0 Å². The first-order valence-electron chi connectivity index (χ1n) is 4.08. The molecule has 1 aromatic carbocycles. The Morgan fingerprint density at radius 3 is 2.87 bits per heavy atom. The number of hydrogen-bond donors (Lipinski definition) is 1. The predicted molar refractivity (Wildman–Crippen MR) is 53.3 cm³/mol. The number of hydrogen-bond acceptors (Lipinski definition) is 3. The zero-order valence-electron chi connectivity index (χ0n) is 7.46. The molecule has 0 fully saturated rings. The molecule has 1 heterocycles. The number of para-hydroxylation sites is 1. The van der Waals surface area contributed by atoms with Gasteiger partial charge in [0.25, 0.3) is 0 Å². The van der Waals surface area contributed by atoms with Crippen LogP contribution in [0.3, 0.4) is 0 Å². The van der Waals surface area contributed by atoms with Crippen LogP contribution < -0.4 is 0 Å². The van der Waals surface area contributed by atoms with E-state index in [1.165, 1.54) is 23.1 Å². The number of nitrogens with zero attached hydrogens (tertiary/aromatic N) is 3. The van der Waals surface area contributed by atoms with Gasteiger partial charge in [-0.25, -0.2) is 9.48 Å². The molecule has 0 spiro atoms. The van der Waals surface area contributed by atoms with Crippen LogP contribution in [0.2, 0.25) is 5.02 Å². The molecule has 1 N–H and O–H groups in total. The fourth-order valence-electron chi connectivity index (χ4n) is 1.25. The Hall–Kier alpha value is -1.88. The van der Waals surface area contributed by atoms with E-state index in [1.807, 2.05) is 0 Å². The third-order valence-corrected chi connectivity index (χ3v) is 2.17. The number of carboxylic acids is 1. The summed E-state index contributed by atoms with van der Waals surface area (Å²) in [6.45, 7) is 0. The van der Waals surface area contributed by atoms with Crippen LogP contribution in [0.25, 0.3) is 5.69 Å². The molecule has 6 heteroatoms. The predicted octanol–water partition coefficient (Wildman–Crippen LogP) is 1.62. The van der Waals surface area contributed by atoms with Gasteiger partial charge in [0, 0.05) is 0 Å². The lowest BCUT2D eigenvalue weighted by atomic mass is 10.2. The standard InChI is InChI=1S/C9H6ClN3O2/c10-7-3-1-2-6(9(14)15)8(7)13-5-4-11-12-13/h1-5H,(H,14,15). The molecule has 0 aliphatic rings. The summed E-state index contributed by atoms with van der Waals surface area (Å²) in [6.07, 6.45) is 2.99. The van der Waals surface area contributed by atoms with Gasteiger partial charge in [0.05, 0.1) is 28.7 Å². The molecule has 2 aromatic rings. The minimum atomic E-state index is -1.05. The minimum absolute atomic E-state index is 0.0907. The molecule has 0 bridgehead atoms. The van der Waals surface area contributed by atoms with Crippen LogP contribution in [-0.2, 0) is 0 Å². The molecule has 76 valence electrons. The average molecular weight is 224 g/mol. The van der Waals surface area contributed by atoms with E-state index in [9.17, 15) is 4.79 Å². The van der Waals surface area contributed by atoms with Gasteiger partial charge in [-0.15, -0.1) is 5.10 Å². The van der Waals surface area contributed by atoms with E-state index in [1.54, 1.807) is 12.1 Å². The second-order valence-corrected chi connectivity index (χ2v) is 3.20. The van der Waals surface area contributed by atoms with Crippen molar-refractivity contribution in [3.05, 3.63) is 41.2 Å². The highest BCUT2D eigenvalue weighted by Crippen LogP contribution is 2.23. The van der Waals surface area contributed by atoms with Crippen LogP contribution in [-0.4, -0.2) is 26.1 Å². The summed E-state index contributed by atoms with van der Waals surface area (Å²) < 4.78 is 1.33. The summed E-state index contributed by atoms with van der Waals surface area (Å²) in [5.41, 5.74) is 0.414. The van der Waals surface area contributed by atoms with E-state index in [4.69, 9.17) is 16.7 Å². The second-order valence-electron chi connectivity index (χ2n) is 2.79. The van der Waals surface area contributed by atoms with Gasteiger partial charge in [-0.2, -0.15) is 0 Å². The number of benzene rings is 1. The van der Waals surface area contributed by atoms with Crippen molar-refractivity contribution in [2.45, 2.75) is 0 Å². The Morgan fingerprint density at radius 2 is 2.27 bits per heavy atom. The summed E-state index contributed by atoms with van der Waals surface area (Å²) in [4.78, 5) is 10.9. The van der Waals surface area contributed by atoms with Crippen LogP contribution in [0.1, 0.15) is 10.4 Å². The molecule has 0 saturated heterocycles. The second kappa shape index (κ2) is 3.70. The Bertz CT molecular complexity index is 496. The number of aromatic carboxylic acids is 1. The lowest BCUT2D eigenvalue weighted by molar-refractivity contribution is 0.0696. The topological polar surface area (TPSA) is 68.0 Å². The molecular weight excluding hydrogens is 218 g/mol.